The van der Waals surface area contributed by atoms with Crippen LogP contribution in [0.4, 0.5) is 0 Å². The van der Waals surface area contributed by atoms with E-state index in [-0.39, 0.29) is 10.1 Å². The lowest BCUT2D eigenvalue weighted by molar-refractivity contribution is -0.973. The van der Waals surface area contributed by atoms with Crippen LogP contribution < -0.4 is 5.11 Å². The lowest BCUT2D eigenvalue weighted by Crippen LogP contribution is -2.60. The molecular formula is C22H46NO7P. The molecule has 2 N–H and O–H groups in total. The van der Waals surface area contributed by atoms with Gasteiger partial charge in [0.05, 0.1) is 39.8 Å². The summed E-state index contributed by atoms with van der Waals surface area (Å²) in [7, 11) is 2.71. The van der Waals surface area contributed by atoms with Crippen LogP contribution in [0.1, 0.15) is 85.0 Å². The standard InChI is InChI=1S/C22H46NO7P/c1-7-8-12-15-22(2,3)28-16-13-10-9-11-14-17-29-31(27)30-19(18-20(24)25)21(26)23(4,5)6/h19,21,27H,7-18H2,1-6H3,(H,24,25). The van der Waals surface area contributed by atoms with Crippen LogP contribution in [0.3, 0.4) is 0 Å². The van der Waals surface area contributed by atoms with Crippen LogP contribution in [0.15, 0.2) is 0 Å². The van der Waals surface area contributed by atoms with Gasteiger partial charge in [-0.3, -0.25) is 4.79 Å². The van der Waals surface area contributed by atoms with E-state index in [4.69, 9.17) is 18.9 Å². The van der Waals surface area contributed by atoms with Crippen molar-refractivity contribution in [2.45, 2.75) is 103 Å². The summed E-state index contributed by atoms with van der Waals surface area (Å²) in [5.41, 5.74) is -0.0469. The molecule has 0 aromatic rings. The Morgan fingerprint density at radius 3 is 2.16 bits per heavy atom. The number of unbranched alkanes of at least 4 members (excludes halogenated alkanes) is 6. The van der Waals surface area contributed by atoms with Gasteiger partial charge in [-0.25, -0.2) is 0 Å². The lowest BCUT2D eigenvalue weighted by Gasteiger charge is -2.42. The van der Waals surface area contributed by atoms with Crippen molar-refractivity contribution in [1.29, 1.82) is 0 Å². The Labute approximate surface area is 190 Å². The fourth-order valence-corrected chi connectivity index (χ4v) is 3.86. The Hall–Kier alpha value is -0.340. The average Bonchev–Trinajstić information content (AvgIpc) is 2.64. The van der Waals surface area contributed by atoms with Crippen molar-refractivity contribution < 1.29 is 38.2 Å². The van der Waals surface area contributed by atoms with Gasteiger partial charge in [0.1, 0.15) is 6.10 Å². The van der Waals surface area contributed by atoms with Gasteiger partial charge in [0.25, 0.3) is 0 Å². The van der Waals surface area contributed by atoms with E-state index in [1.165, 1.54) is 19.3 Å². The molecule has 0 bridgehead atoms. The van der Waals surface area contributed by atoms with Crippen molar-refractivity contribution in [3.05, 3.63) is 0 Å². The van der Waals surface area contributed by atoms with E-state index in [1.54, 1.807) is 21.1 Å². The first-order chi connectivity index (χ1) is 14.4. The van der Waals surface area contributed by atoms with Crippen LogP contribution in [0, 0.1) is 0 Å². The molecule has 31 heavy (non-hydrogen) atoms. The fraction of sp³-hybridized carbons (Fsp3) is 0.955. The Balaban J connectivity index is 3.91. The van der Waals surface area contributed by atoms with Crippen molar-refractivity contribution in [1.82, 2.24) is 0 Å². The van der Waals surface area contributed by atoms with Crippen LogP contribution in [-0.4, -0.2) is 72.7 Å². The van der Waals surface area contributed by atoms with Crippen molar-refractivity contribution in [3.63, 3.8) is 0 Å². The van der Waals surface area contributed by atoms with E-state index in [0.717, 1.165) is 45.1 Å². The zero-order valence-electron chi connectivity index (χ0n) is 20.5. The second kappa shape index (κ2) is 16.3. The number of nitrogens with zero attached hydrogens (tertiary/aromatic N) is 1. The number of carboxylic acid groups (broad SMARTS) is 1. The summed E-state index contributed by atoms with van der Waals surface area (Å²) in [4.78, 5) is 20.9. The van der Waals surface area contributed by atoms with Gasteiger partial charge in [-0.05, 0) is 33.1 Å². The van der Waals surface area contributed by atoms with E-state index in [9.17, 15) is 14.8 Å². The van der Waals surface area contributed by atoms with E-state index >= 15 is 0 Å². The minimum absolute atomic E-state index is 0.0131. The van der Waals surface area contributed by atoms with Crippen LogP contribution in [0.5, 0.6) is 0 Å². The van der Waals surface area contributed by atoms with Crippen LogP contribution >= 0.6 is 8.60 Å². The lowest BCUT2D eigenvalue weighted by atomic mass is 10.0. The first kappa shape index (κ1) is 30.7. The van der Waals surface area contributed by atoms with Crippen LogP contribution in [0.2, 0.25) is 0 Å². The molecule has 3 unspecified atom stereocenters. The minimum Gasteiger partial charge on any atom is -0.804 e. The number of aliphatic carboxylic acids is 1. The molecule has 0 saturated heterocycles. The first-order valence-corrected chi connectivity index (χ1v) is 12.6. The normalized spacial score (nSPS) is 15.6. The van der Waals surface area contributed by atoms with E-state index in [1.807, 2.05) is 0 Å². The number of likely N-dealkylation sites (N-methyl/N-ethyl adjacent to an activating group) is 1. The van der Waals surface area contributed by atoms with Gasteiger partial charge >= 0.3 is 14.6 Å². The number of quaternary nitrogens is 1. The molecule has 0 amide bonds. The Morgan fingerprint density at radius 2 is 1.61 bits per heavy atom. The second-order valence-electron chi connectivity index (χ2n) is 9.65. The molecule has 3 atom stereocenters. The Kier molecular flexibility index (Phi) is 16.1. The third kappa shape index (κ3) is 16.9. The van der Waals surface area contributed by atoms with E-state index < -0.39 is 33.3 Å². The summed E-state index contributed by atoms with van der Waals surface area (Å²) in [6, 6.07) is 0. The smallest absolute Gasteiger partial charge is 0.330 e. The minimum atomic E-state index is -2.27. The predicted octanol–water partition coefficient (Wildman–Crippen LogP) is 3.80. The van der Waals surface area contributed by atoms with Crippen LogP contribution in [-0.2, 0) is 18.6 Å². The molecule has 0 aromatic heterocycles. The summed E-state index contributed by atoms with van der Waals surface area (Å²) in [6.07, 6.45) is 6.72. The summed E-state index contributed by atoms with van der Waals surface area (Å²) >= 11 is 0. The quantitative estimate of drug-likeness (QED) is 0.121. The summed E-state index contributed by atoms with van der Waals surface area (Å²) in [5.74, 6) is -1.14. The van der Waals surface area contributed by atoms with Gasteiger partial charge in [0.15, 0.2) is 0 Å². The predicted molar refractivity (Wildman–Crippen MR) is 121 cm³/mol. The van der Waals surface area contributed by atoms with Crippen molar-refractivity contribution in [2.24, 2.45) is 0 Å². The highest BCUT2D eigenvalue weighted by atomic mass is 31.2. The van der Waals surface area contributed by atoms with Gasteiger partial charge in [0.2, 0.25) is 0 Å². The largest absolute Gasteiger partial charge is 0.804 e. The highest BCUT2D eigenvalue weighted by molar-refractivity contribution is 7.40. The maximum absolute atomic E-state index is 12.4. The molecule has 0 aliphatic rings. The second-order valence-corrected chi connectivity index (χ2v) is 10.6. The van der Waals surface area contributed by atoms with Gasteiger partial charge in [-0.15, -0.1) is 0 Å². The molecule has 0 aliphatic heterocycles. The van der Waals surface area contributed by atoms with Gasteiger partial charge in [-0.2, -0.15) is 0 Å². The monoisotopic (exact) mass is 467 g/mol. The van der Waals surface area contributed by atoms with Gasteiger partial charge < -0.3 is 33.4 Å². The van der Waals surface area contributed by atoms with Crippen molar-refractivity contribution in [3.8, 4) is 0 Å². The van der Waals surface area contributed by atoms with E-state index in [2.05, 4.69) is 20.8 Å². The highest BCUT2D eigenvalue weighted by Gasteiger charge is 2.29. The third-order valence-corrected chi connectivity index (χ3v) is 5.90. The van der Waals surface area contributed by atoms with Gasteiger partial charge in [0, 0.05) is 12.8 Å². The molecule has 0 spiro atoms. The zero-order chi connectivity index (χ0) is 23.9. The first-order valence-electron chi connectivity index (χ1n) is 11.5. The molecule has 186 valence electrons. The number of ether oxygens (including phenoxy) is 1. The van der Waals surface area contributed by atoms with Crippen molar-refractivity contribution >= 4 is 14.6 Å². The maximum Gasteiger partial charge on any atom is 0.330 e. The van der Waals surface area contributed by atoms with Crippen molar-refractivity contribution in [2.75, 3.05) is 34.4 Å². The molecule has 9 heteroatoms. The molecule has 0 fully saturated rings. The molecule has 0 rings (SSSR count). The summed E-state index contributed by atoms with van der Waals surface area (Å²) in [5, 5.41) is 21.4. The molecule has 0 aromatic carbocycles. The molecule has 0 saturated carbocycles. The average molecular weight is 468 g/mol. The molecule has 8 nitrogen and oxygen atoms in total. The van der Waals surface area contributed by atoms with E-state index in [0.29, 0.717) is 6.61 Å². The molecule has 0 heterocycles. The Morgan fingerprint density at radius 1 is 1.03 bits per heavy atom. The number of hydrogen-bond donors (Lipinski definition) is 2. The maximum atomic E-state index is 12.4. The summed E-state index contributed by atoms with van der Waals surface area (Å²) in [6.45, 7) is 7.62. The number of carbonyl (C=O) groups is 1. The highest BCUT2D eigenvalue weighted by Crippen LogP contribution is 2.36. The fourth-order valence-electron chi connectivity index (χ4n) is 3.11. The number of rotatable bonds is 20. The Bertz CT molecular complexity index is 471. The molecule has 0 radical (unpaired) electrons. The number of carboxylic acids is 1. The topological polar surface area (TPSA) is 108 Å². The SMILES string of the molecule is CCCCCC(C)(C)OCCCCCCCOP(O)OC(CC(=O)O)C([O-])[N+](C)(C)C. The summed E-state index contributed by atoms with van der Waals surface area (Å²) < 4.78 is 16.5. The van der Waals surface area contributed by atoms with Gasteiger partial charge in [-0.1, -0.05) is 45.4 Å². The molecular weight excluding hydrogens is 421 g/mol. The third-order valence-electron chi connectivity index (χ3n) is 5.05. The van der Waals surface area contributed by atoms with Crippen LogP contribution in [0.25, 0.3) is 0 Å². The molecule has 0 aliphatic carbocycles. The zero-order valence-corrected chi connectivity index (χ0v) is 21.4. The number of hydrogen-bond acceptors (Lipinski definition) is 6.